The van der Waals surface area contributed by atoms with Gasteiger partial charge in [-0.05, 0) is 60.7 Å². The van der Waals surface area contributed by atoms with Gasteiger partial charge in [0.1, 0.15) is 10.7 Å². The maximum Gasteiger partial charge on any atom is 0.337 e. The van der Waals surface area contributed by atoms with E-state index in [4.69, 9.17) is 17.3 Å². The van der Waals surface area contributed by atoms with Crippen LogP contribution in [0, 0.1) is 11.7 Å². The van der Waals surface area contributed by atoms with Gasteiger partial charge in [0, 0.05) is 30.9 Å². The van der Waals surface area contributed by atoms with E-state index in [-0.39, 0.29) is 33.0 Å². The summed E-state index contributed by atoms with van der Waals surface area (Å²) in [5, 5.41) is 9.67. The van der Waals surface area contributed by atoms with Crippen molar-refractivity contribution in [2.45, 2.75) is 43.0 Å². The fourth-order valence-corrected chi connectivity index (χ4v) is 7.56. The molecule has 10 heteroatoms. The molecule has 1 aliphatic heterocycles. The Labute approximate surface area is 226 Å². The van der Waals surface area contributed by atoms with Gasteiger partial charge in [-0.3, -0.25) is 0 Å². The van der Waals surface area contributed by atoms with Crippen molar-refractivity contribution < 1.29 is 22.7 Å². The molecule has 3 aromatic rings. The summed E-state index contributed by atoms with van der Waals surface area (Å²) >= 11 is 6.70. The minimum atomic E-state index is -3.99. The van der Waals surface area contributed by atoms with Crippen molar-refractivity contribution in [2.75, 3.05) is 24.2 Å². The Morgan fingerprint density at radius 1 is 1.08 bits per heavy atom. The van der Waals surface area contributed by atoms with Crippen molar-refractivity contribution in [3.63, 3.8) is 0 Å². The lowest BCUT2D eigenvalue weighted by molar-refractivity contribution is 0.0697. The number of hydrogen-bond donors (Lipinski definition) is 2. The number of nitrogens with two attached hydrogens (primary N) is 1. The van der Waals surface area contributed by atoms with E-state index in [2.05, 4.69) is 0 Å². The highest BCUT2D eigenvalue weighted by Gasteiger charge is 2.41. The zero-order chi connectivity index (χ0) is 27.2. The zero-order valence-electron chi connectivity index (χ0n) is 20.9. The van der Waals surface area contributed by atoms with Gasteiger partial charge in [-0.15, -0.1) is 0 Å². The van der Waals surface area contributed by atoms with Crippen molar-refractivity contribution in [1.29, 1.82) is 0 Å². The lowest BCUT2D eigenvalue weighted by atomic mass is 9.83. The molecular weight excluding hydrogens is 529 g/mol. The van der Waals surface area contributed by atoms with Crippen LogP contribution in [0.5, 0.6) is 0 Å². The second-order valence-corrected chi connectivity index (χ2v) is 12.3. The Bertz CT molecular complexity index is 1490. The van der Waals surface area contributed by atoms with Crippen LogP contribution in [-0.4, -0.2) is 43.4 Å². The zero-order valence-corrected chi connectivity index (χ0v) is 22.5. The van der Waals surface area contributed by atoms with Crippen molar-refractivity contribution in [3.8, 4) is 11.1 Å². The number of hydrogen-bond acceptors (Lipinski definition) is 5. The molecule has 1 heterocycles. The molecule has 0 unspecified atom stereocenters. The highest BCUT2D eigenvalue weighted by atomic mass is 35.5. The average Bonchev–Trinajstić information content (AvgIpc) is 2.98. The lowest BCUT2D eigenvalue weighted by Gasteiger charge is -2.36. The number of nitrogens with zero attached hydrogens (tertiary/aromatic N) is 2. The Morgan fingerprint density at radius 2 is 1.76 bits per heavy atom. The number of carbonyl (C=O) groups is 1. The minimum absolute atomic E-state index is 0.0238. The van der Waals surface area contributed by atoms with Crippen LogP contribution in [0.2, 0.25) is 5.02 Å². The van der Waals surface area contributed by atoms with Gasteiger partial charge in [0.2, 0.25) is 10.0 Å². The predicted molar refractivity (Wildman–Crippen MR) is 147 cm³/mol. The third-order valence-electron chi connectivity index (χ3n) is 7.77. The Kier molecular flexibility index (Phi) is 7.11. The average molecular weight is 558 g/mol. The molecule has 200 valence electrons. The summed E-state index contributed by atoms with van der Waals surface area (Å²) in [6.07, 6.45) is 5.20. The molecule has 7 nitrogen and oxygen atoms in total. The molecule has 1 aliphatic carbocycles. The van der Waals surface area contributed by atoms with E-state index in [0.717, 1.165) is 43.9 Å². The fourth-order valence-electron chi connectivity index (χ4n) is 5.68. The van der Waals surface area contributed by atoms with Gasteiger partial charge in [-0.25, -0.2) is 17.6 Å². The molecule has 1 fully saturated rings. The van der Waals surface area contributed by atoms with E-state index in [1.807, 2.05) is 35.2 Å². The van der Waals surface area contributed by atoms with Gasteiger partial charge in [0.15, 0.2) is 0 Å². The summed E-state index contributed by atoms with van der Waals surface area (Å²) in [4.78, 5) is 13.7. The van der Waals surface area contributed by atoms with Crippen molar-refractivity contribution in [1.82, 2.24) is 4.31 Å². The smallest absolute Gasteiger partial charge is 0.337 e. The maximum absolute atomic E-state index is 14.6. The molecule has 2 aliphatic rings. The molecule has 0 bridgehead atoms. The van der Waals surface area contributed by atoms with Gasteiger partial charge >= 0.3 is 5.97 Å². The number of halogens is 2. The van der Waals surface area contributed by atoms with Crippen LogP contribution < -0.4 is 10.6 Å². The van der Waals surface area contributed by atoms with Crippen LogP contribution in [0.4, 0.5) is 21.5 Å². The number of fused-ring (bicyclic) bond motifs is 1. The van der Waals surface area contributed by atoms with Gasteiger partial charge in [-0.1, -0.05) is 49.1 Å². The van der Waals surface area contributed by atoms with E-state index in [0.29, 0.717) is 12.2 Å². The number of likely N-dealkylation sites (N-methyl/N-ethyl adjacent to an activating group) is 1. The summed E-state index contributed by atoms with van der Waals surface area (Å²) < 4.78 is 44.3. The molecule has 3 aromatic carbocycles. The summed E-state index contributed by atoms with van der Waals surface area (Å²) in [6.45, 7) is 0.451. The molecule has 3 N–H and O–H groups in total. The van der Waals surface area contributed by atoms with Crippen molar-refractivity contribution in [3.05, 3.63) is 71.0 Å². The molecule has 1 atom stereocenters. The quantitative estimate of drug-likeness (QED) is 0.373. The van der Waals surface area contributed by atoms with Crippen LogP contribution in [0.25, 0.3) is 11.1 Å². The first-order valence-corrected chi connectivity index (χ1v) is 14.4. The summed E-state index contributed by atoms with van der Waals surface area (Å²) in [6, 6.07) is 14.6. The third-order valence-corrected chi connectivity index (χ3v) is 9.99. The fraction of sp³-hybridized carbons (Fsp3) is 0.321. The number of rotatable bonds is 4. The second-order valence-electron chi connectivity index (χ2n) is 9.96. The lowest BCUT2D eigenvalue weighted by Crippen LogP contribution is -2.46. The Morgan fingerprint density at radius 3 is 2.42 bits per heavy atom. The van der Waals surface area contributed by atoms with Crippen LogP contribution in [0.1, 0.15) is 42.5 Å². The minimum Gasteiger partial charge on any atom is -0.478 e. The van der Waals surface area contributed by atoms with Gasteiger partial charge < -0.3 is 15.7 Å². The van der Waals surface area contributed by atoms with E-state index in [1.54, 1.807) is 13.1 Å². The molecule has 0 saturated heterocycles. The number of nitrogen functional groups attached to an aromatic ring is 1. The van der Waals surface area contributed by atoms with Gasteiger partial charge in [0.25, 0.3) is 0 Å². The first-order valence-electron chi connectivity index (χ1n) is 12.6. The Hall–Kier alpha value is -3.14. The molecule has 1 saturated carbocycles. The number of para-hydroxylation sites is 1. The van der Waals surface area contributed by atoms with E-state index in [1.165, 1.54) is 16.4 Å². The number of carboxylic acids is 1. The highest BCUT2D eigenvalue weighted by molar-refractivity contribution is 7.89. The summed E-state index contributed by atoms with van der Waals surface area (Å²) in [5.41, 5.74) is 6.29. The maximum atomic E-state index is 14.6. The van der Waals surface area contributed by atoms with E-state index < -0.39 is 33.1 Å². The van der Waals surface area contributed by atoms with Crippen molar-refractivity contribution in [2.24, 2.45) is 5.92 Å². The number of carboxylic acid groups (broad SMARTS) is 1. The Balaban J connectivity index is 1.73. The van der Waals surface area contributed by atoms with Crippen LogP contribution in [0.15, 0.2) is 59.5 Å². The number of aromatic carboxylic acids is 1. The topological polar surface area (TPSA) is 104 Å². The third kappa shape index (κ3) is 4.63. The molecular formula is C28H29ClFN3O4S. The first kappa shape index (κ1) is 26.5. The van der Waals surface area contributed by atoms with Gasteiger partial charge in [-0.2, -0.15) is 4.31 Å². The molecule has 0 amide bonds. The van der Waals surface area contributed by atoms with Gasteiger partial charge in [0.05, 0.1) is 22.0 Å². The van der Waals surface area contributed by atoms with Crippen molar-refractivity contribution >= 4 is 44.7 Å². The predicted octanol–water partition coefficient (Wildman–Crippen LogP) is 6.15. The number of sulfonamides is 1. The van der Waals surface area contributed by atoms with Crippen LogP contribution >= 0.6 is 11.6 Å². The second kappa shape index (κ2) is 10.2. The molecule has 0 aromatic heterocycles. The van der Waals surface area contributed by atoms with E-state index >= 15 is 0 Å². The number of benzene rings is 3. The summed E-state index contributed by atoms with van der Waals surface area (Å²) in [5.74, 6) is -2.11. The largest absolute Gasteiger partial charge is 0.478 e. The molecule has 38 heavy (non-hydrogen) atoms. The first-order chi connectivity index (χ1) is 18.1. The summed E-state index contributed by atoms with van der Waals surface area (Å²) in [7, 11) is -2.37. The van der Waals surface area contributed by atoms with E-state index in [9.17, 15) is 22.7 Å². The molecule has 0 radical (unpaired) electrons. The highest BCUT2D eigenvalue weighted by Crippen LogP contribution is 2.45. The monoisotopic (exact) mass is 557 g/mol. The molecule has 0 spiro atoms. The SMILES string of the molecule is CN1[C@H](C2CCCCC2)CN(c2ccccc2)c2cc(Cl)c(-c3cc(F)c(N)c(C(=O)O)c3)cc2S1(=O)=O. The molecule has 5 rings (SSSR count). The normalized spacial score (nSPS) is 20.1. The van der Waals surface area contributed by atoms with Crippen LogP contribution in [0.3, 0.4) is 0 Å². The standard InChI is InChI=1S/C28H29ClFN3O4S/c1-32-25(17-8-4-2-5-9-17)16-33(19-10-6-3-7-11-19)24-15-22(29)20(14-26(24)38(32,36)37)18-12-21(28(34)35)27(31)23(30)13-18/h3,6-7,10-15,17,25H,2,4-5,8-9,16,31H2,1H3,(H,34,35)/t25-/m0/s1. The number of anilines is 3. The van der Waals surface area contributed by atoms with Crippen LogP contribution in [-0.2, 0) is 10.0 Å².